The van der Waals surface area contributed by atoms with E-state index >= 15 is 52.3 Å². The summed E-state index contributed by atoms with van der Waals surface area (Å²) >= 11 is 0.697. The van der Waals surface area contributed by atoms with Crippen LogP contribution in [0.15, 0.2) is 158 Å². The number of aliphatic carboxylic acids is 1. The van der Waals surface area contributed by atoms with Gasteiger partial charge >= 0.3 is 5.97 Å². The number of nitrogens with two attached hydrogens (primary N) is 1. The van der Waals surface area contributed by atoms with Crippen molar-refractivity contribution < 1.29 is 116 Å². The Balaban J connectivity index is 1.07. The number of hydrogen-bond acceptors (Lipinski definition) is 22. The second kappa shape index (κ2) is 49.0. The van der Waals surface area contributed by atoms with Gasteiger partial charge < -0.3 is 113 Å². The quantitative estimate of drug-likeness (QED) is 0.0414. The molecule has 3 aliphatic rings. The van der Waals surface area contributed by atoms with E-state index in [1.54, 1.807) is 105 Å². The summed E-state index contributed by atoms with van der Waals surface area (Å²) in [5, 5.41) is 78.5. The molecule has 6 aromatic carbocycles. The summed E-state index contributed by atoms with van der Waals surface area (Å²) in [6.45, 7) is 4.29. The number of aromatic amines is 1. The van der Waals surface area contributed by atoms with E-state index in [4.69, 9.17) is 10.5 Å². The zero-order chi connectivity index (χ0) is 99.8. The van der Waals surface area contributed by atoms with Gasteiger partial charge in [-0.1, -0.05) is 137 Å². The molecule has 0 spiro atoms. The van der Waals surface area contributed by atoms with E-state index in [0.717, 1.165) is 42.7 Å². The predicted octanol–water partition coefficient (Wildman–Crippen LogP) is 0.458. The van der Waals surface area contributed by atoms with Crippen molar-refractivity contribution in [3.05, 3.63) is 203 Å². The number of fused-ring (bicyclic) bond motifs is 3. The third-order valence-corrected chi connectivity index (χ3v) is 25.2. The number of halogens is 2. The van der Waals surface area contributed by atoms with Crippen LogP contribution in [0.5, 0.6) is 11.5 Å². The zero-order valence-corrected chi connectivity index (χ0v) is 77.8. The van der Waals surface area contributed by atoms with Crippen LogP contribution >= 0.6 is 11.8 Å². The van der Waals surface area contributed by atoms with Gasteiger partial charge in [0.25, 0.3) is 0 Å². The number of carbonyl (C=O) groups excluding carboxylic acids is 15. The maximum Gasteiger partial charge on any atom is 0.305 e. The van der Waals surface area contributed by atoms with Gasteiger partial charge in [0.05, 0.1) is 30.9 Å². The van der Waals surface area contributed by atoms with Crippen molar-refractivity contribution in [2.75, 3.05) is 66.0 Å². The highest BCUT2D eigenvalue weighted by Gasteiger charge is 2.49. The number of methoxy groups -OCH3 is 1. The number of aromatic hydroxyl groups is 2. The van der Waals surface area contributed by atoms with Gasteiger partial charge in [0.1, 0.15) is 90.0 Å². The molecule has 0 radical (unpaired) electrons. The molecule has 38 nitrogen and oxygen atoms in total. The number of rotatable bonds is 23. The van der Waals surface area contributed by atoms with Crippen LogP contribution in [0.3, 0.4) is 0 Å². The molecule has 734 valence electrons. The van der Waals surface area contributed by atoms with Crippen molar-refractivity contribution in [3.8, 4) is 11.5 Å². The van der Waals surface area contributed by atoms with E-state index < -0.39 is 266 Å². The minimum Gasteiger partial charge on any atom is -0.508 e. The van der Waals surface area contributed by atoms with Crippen molar-refractivity contribution in [1.29, 1.82) is 0 Å². The summed E-state index contributed by atoms with van der Waals surface area (Å²) < 4.78 is 35.3. The number of carboxylic acids is 1. The first-order chi connectivity index (χ1) is 65.1. The fraction of sp³-hybridized carbons (Fsp3) is 0.438. The van der Waals surface area contributed by atoms with Crippen molar-refractivity contribution >= 4 is 117 Å². The molecular formula is C96H118F2N16O22S. The molecule has 3 fully saturated rings. The van der Waals surface area contributed by atoms with E-state index in [2.05, 4.69) is 52.8 Å². The molecule has 0 aliphatic carbocycles. The average molecular weight is 1920 g/mol. The summed E-state index contributed by atoms with van der Waals surface area (Å²) in [6, 6.07) is 15.1. The number of thioether (sulfide) groups is 1. The van der Waals surface area contributed by atoms with Gasteiger partial charge in [-0.05, 0) is 94.1 Å². The van der Waals surface area contributed by atoms with Gasteiger partial charge in [0.15, 0.2) is 11.6 Å². The molecule has 4 heterocycles. The topological polar surface area (TPSA) is 550 Å². The molecule has 7 aromatic rings. The number of phenols is 2. The number of carbonyl (C=O) groups is 16. The second-order valence-corrected chi connectivity index (χ2v) is 36.3. The van der Waals surface area contributed by atoms with E-state index in [1.807, 2.05) is 0 Å². The van der Waals surface area contributed by atoms with Gasteiger partial charge in [-0.15, -0.1) is 11.8 Å². The lowest BCUT2D eigenvalue weighted by Crippen LogP contribution is -2.62. The molecule has 15 amide bonds. The number of aromatic nitrogens is 1. The van der Waals surface area contributed by atoms with Gasteiger partial charge in [-0.3, -0.25) is 76.7 Å². The minimum absolute atomic E-state index is 0.0431. The minimum atomic E-state index is -2.06. The second-order valence-electron chi connectivity index (χ2n) is 35.2. The maximum absolute atomic E-state index is 15.8. The molecule has 17 N–H and O–H groups in total. The zero-order valence-electron chi connectivity index (χ0n) is 77.0. The number of hydrogen-bond donors (Lipinski definition) is 16. The summed E-state index contributed by atoms with van der Waals surface area (Å²) in [4.78, 5) is 247. The van der Waals surface area contributed by atoms with Crippen molar-refractivity contribution in [3.63, 3.8) is 0 Å². The average Bonchev–Trinajstić information content (AvgIpc) is 1.72. The SMILES string of the molecule is COCC[C@H]1C(=O)N2C[C@@H](O)C[C@@H]2C(=O)N[C@@H](CC(=O)O)C(=O)N[C@@H](C(C)C)C(=O)N(C)[C@@H](Cc2ccccc2)C(=O)N[C@@H](Cc2ccc(O)cc2)C(=O)N2C[C@@H](O)C[C@@H]2C(=O)N[C@@H](Cc2c[nH]c3ccccc23)C(=O)N[C@@H](Cc2ccc(O)cc2)C(=O)N[C@H](CC(C)C)C(=O)N[C@H](C(=O)NCC(N)=O)CSCC(=O)N[C@H](Cc2ccc(F)c(F)c2)C(=O)N(C)[C@@H](Cc2ccccc2)C(=O)N1C. The molecule has 3 saturated heterocycles. The van der Waals surface area contributed by atoms with Crippen LogP contribution in [-0.2, 0) is 120 Å². The predicted molar refractivity (Wildman–Crippen MR) is 496 cm³/mol. The Morgan fingerprint density at radius 3 is 1.53 bits per heavy atom. The lowest BCUT2D eigenvalue weighted by atomic mass is 9.98. The highest BCUT2D eigenvalue weighted by Crippen LogP contribution is 2.29. The number of ether oxygens (including phenoxy) is 1. The van der Waals surface area contributed by atoms with Crippen LogP contribution in [0.4, 0.5) is 8.78 Å². The number of aliphatic hydroxyl groups excluding tert-OH is 2. The molecule has 10 rings (SSSR count). The van der Waals surface area contributed by atoms with Crippen molar-refractivity contribution in [2.24, 2.45) is 17.6 Å². The Hall–Kier alpha value is -13.9. The van der Waals surface area contributed by atoms with Crippen molar-refractivity contribution in [1.82, 2.24) is 77.3 Å². The normalized spacial score (nSPS) is 24.3. The number of carboxylic acid groups (broad SMARTS) is 1. The number of amides is 15. The number of H-pyrrole nitrogens is 1. The van der Waals surface area contributed by atoms with E-state index in [9.17, 15) is 58.7 Å². The van der Waals surface area contributed by atoms with Crippen molar-refractivity contribution in [2.45, 2.75) is 189 Å². The fourth-order valence-corrected chi connectivity index (χ4v) is 17.6. The summed E-state index contributed by atoms with van der Waals surface area (Å²) in [5.41, 5.74) is 8.05. The number of primary amides is 1. The molecular weight excluding hydrogens is 1800 g/mol. The van der Waals surface area contributed by atoms with Gasteiger partial charge in [-0.2, -0.15) is 0 Å². The van der Waals surface area contributed by atoms with Crippen LogP contribution in [0, 0.1) is 23.5 Å². The monoisotopic (exact) mass is 1920 g/mol. The van der Waals surface area contributed by atoms with Crippen LogP contribution in [-0.4, -0.2) is 306 Å². The van der Waals surface area contributed by atoms with Crippen LogP contribution in [0.1, 0.15) is 93.2 Å². The number of phenolic OH excluding ortho intramolecular Hbond substituents is 2. The van der Waals surface area contributed by atoms with Gasteiger partial charge in [-0.25, -0.2) is 8.78 Å². The lowest BCUT2D eigenvalue weighted by molar-refractivity contribution is -0.153. The van der Waals surface area contributed by atoms with E-state index in [0.29, 0.717) is 50.5 Å². The highest BCUT2D eigenvalue weighted by atomic mass is 32.2. The first-order valence-corrected chi connectivity index (χ1v) is 46.0. The summed E-state index contributed by atoms with van der Waals surface area (Å²) in [5.74, 6) is -22.6. The first kappa shape index (κ1) is 105. The molecule has 41 heteroatoms. The number of aliphatic hydroxyl groups is 2. The van der Waals surface area contributed by atoms with Gasteiger partial charge in [0.2, 0.25) is 88.6 Å². The third-order valence-electron chi connectivity index (χ3n) is 24.1. The highest BCUT2D eigenvalue weighted by molar-refractivity contribution is 8.00. The summed E-state index contributed by atoms with van der Waals surface area (Å²) in [6.07, 6.45) is -6.21. The number of nitrogens with zero attached hydrogens (tertiary/aromatic N) is 5. The van der Waals surface area contributed by atoms with E-state index in [-0.39, 0.29) is 68.6 Å². The van der Waals surface area contributed by atoms with E-state index in [1.165, 1.54) is 90.6 Å². The smallest absolute Gasteiger partial charge is 0.305 e. The maximum atomic E-state index is 15.8. The Labute approximate surface area is 793 Å². The van der Waals surface area contributed by atoms with Crippen LogP contribution in [0.2, 0.25) is 0 Å². The number of likely N-dealkylation sites (N-methyl/N-ethyl adjacent to an activating group) is 3. The first-order valence-electron chi connectivity index (χ1n) is 44.8. The number of nitrogens with one attached hydrogen (secondary N) is 10. The molecule has 1 aromatic heterocycles. The molecule has 15 atom stereocenters. The third kappa shape index (κ3) is 29.1. The molecule has 0 bridgehead atoms. The fourth-order valence-electron chi connectivity index (χ4n) is 16.8. The molecule has 0 saturated carbocycles. The van der Waals surface area contributed by atoms with Crippen LogP contribution < -0.4 is 53.6 Å². The molecule has 3 aliphatic heterocycles. The Morgan fingerprint density at radius 2 is 0.971 bits per heavy atom. The number of benzene rings is 6. The van der Waals surface area contributed by atoms with Crippen LogP contribution in [0.25, 0.3) is 10.9 Å². The number of para-hydroxylation sites is 1. The standard InChI is InChI=1S/C96H118F2N16O22S/c1-52(2)35-68-85(124)108-74(84(123)101-47-80(99)119)50-137-51-81(120)102-72(39-58-27-32-65(97)66(98)36-58)92(131)112(7)79(41-55-19-13-10-14-20-55)94(133)110(5)75(33-34-136-8)95(134)114-49-63(118)44-78(114)91(130)106-71(45-82(121)122)88(127)109-83(53(3)4)96(135)111(6)76(40-54-17-11-9-12-18-54)89(128)107-73(38-57-25-30-61(116)31-26-57)93(132)113-48-62(117)43-77(113)90(129)105-70(42-59-46-100-67-22-16-15-21-64(59)67)87(126)104-69(86(125)103-68)37-56-23-28-60(115)29-24-56/h9-32,36,46,52-53,62-63,68-79,83,100,115-118H,33-35,37-45,47-51H2,1-8H3,(H2,99,119)(H,101,123)(H,102,120)(H,103,125)(H,104,126)(H,105,129)(H,106,130)(H,107,128)(H,108,124)(H,109,127)(H,121,122)/t62-,63-,68+,69-,70-,71-,72+,73-,74-,75-,76-,77+,78+,79-,83-/m0/s1. The Bertz CT molecular complexity index is 5490. The summed E-state index contributed by atoms with van der Waals surface area (Å²) in [7, 11) is 4.94. The lowest BCUT2D eigenvalue weighted by Gasteiger charge is -2.37. The largest absolute Gasteiger partial charge is 0.508 e. The molecule has 137 heavy (non-hydrogen) atoms. The van der Waals surface area contributed by atoms with Gasteiger partial charge in [0, 0.05) is 129 Å². The molecule has 0 unspecified atom stereocenters. The Morgan fingerprint density at radius 1 is 0.496 bits per heavy atom. The Kier molecular flexibility index (Phi) is 37.6.